The van der Waals surface area contributed by atoms with E-state index in [1.54, 1.807) is 0 Å². The van der Waals surface area contributed by atoms with Gasteiger partial charge in [-0.05, 0) is 37.1 Å². The van der Waals surface area contributed by atoms with E-state index in [1.807, 2.05) is 58.9 Å². The van der Waals surface area contributed by atoms with Crippen LogP contribution < -0.4 is 4.90 Å². The number of benzene rings is 2. The first kappa shape index (κ1) is 17.6. The molecule has 1 aliphatic heterocycles. The van der Waals surface area contributed by atoms with Crippen LogP contribution in [0.25, 0.3) is 11.0 Å². The molecule has 5 nitrogen and oxygen atoms in total. The van der Waals surface area contributed by atoms with Gasteiger partial charge in [0.05, 0.1) is 28.8 Å². The predicted molar refractivity (Wildman–Crippen MR) is 108 cm³/mol. The minimum absolute atomic E-state index is 0.101. The Morgan fingerprint density at radius 2 is 2.04 bits per heavy atom. The number of hydrogen-bond donors (Lipinski definition) is 0. The highest BCUT2D eigenvalue weighted by atomic mass is 32.2. The van der Waals surface area contributed by atoms with E-state index >= 15 is 0 Å². The van der Waals surface area contributed by atoms with Crippen LogP contribution in [0, 0.1) is 11.3 Å². The number of amides is 1. The number of nitriles is 1. The third kappa shape index (κ3) is 3.31. The molecule has 136 valence electrons. The van der Waals surface area contributed by atoms with Gasteiger partial charge in [-0.2, -0.15) is 5.26 Å². The highest BCUT2D eigenvalue weighted by Crippen LogP contribution is 2.32. The normalized spacial score (nSPS) is 14.1. The topological polar surface area (TPSA) is 61.9 Å². The first-order valence-electron chi connectivity index (χ1n) is 9.07. The van der Waals surface area contributed by atoms with Gasteiger partial charge in [0.15, 0.2) is 5.16 Å². The van der Waals surface area contributed by atoms with Crippen molar-refractivity contribution in [2.45, 2.75) is 36.7 Å². The number of thioether (sulfide) groups is 1. The van der Waals surface area contributed by atoms with E-state index in [1.165, 1.54) is 17.3 Å². The summed E-state index contributed by atoms with van der Waals surface area (Å²) in [5.41, 5.74) is 4.14. The highest BCUT2D eigenvalue weighted by Gasteiger charge is 2.29. The molecular weight excluding hydrogens is 356 g/mol. The van der Waals surface area contributed by atoms with Gasteiger partial charge in [0, 0.05) is 18.8 Å². The predicted octanol–water partition coefficient (Wildman–Crippen LogP) is 4.02. The summed E-state index contributed by atoms with van der Waals surface area (Å²) in [6, 6.07) is 18.2. The zero-order valence-electron chi connectivity index (χ0n) is 15.1. The number of nitrogens with zero attached hydrogens (tertiary/aromatic N) is 4. The van der Waals surface area contributed by atoms with Crippen LogP contribution in [0.15, 0.2) is 53.7 Å². The van der Waals surface area contributed by atoms with Crippen LogP contribution in [0.3, 0.4) is 0 Å². The summed E-state index contributed by atoms with van der Waals surface area (Å²) in [7, 11) is 0. The monoisotopic (exact) mass is 376 g/mol. The molecule has 0 unspecified atom stereocenters. The number of fused-ring (bicyclic) bond motifs is 2. The Hall–Kier alpha value is -2.78. The van der Waals surface area contributed by atoms with E-state index in [2.05, 4.69) is 12.1 Å². The first-order chi connectivity index (χ1) is 13.2. The molecule has 0 saturated carbocycles. The number of carbonyl (C=O) groups is 1. The van der Waals surface area contributed by atoms with Crippen molar-refractivity contribution in [3.63, 3.8) is 0 Å². The second-order valence-electron chi connectivity index (χ2n) is 6.57. The molecule has 4 rings (SSSR count). The fourth-order valence-corrected chi connectivity index (χ4v) is 4.53. The smallest absolute Gasteiger partial charge is 0.240 e. The average Bonchev–Trinajstić information content (AvgIpc) is 3.27. The minimum atomic E-state index is -0.256. The Morgan fingerprint density at radius 3 is 2.89 bits per heavy atom. The van der Waals surface area contributed by atoms with Gasteiger partial charge < -0.3 is 9.47 Å². The fraction of sp³-hybridized carbons (Fsp3) is 0.286. The maximum absolute atomic E-state index is 13.1. The van der Waals surface area contributed by atoms with E-state index in [4.69, 9.17) is 10.2 Å². The maximum Gasteiger partial charge on any atom is 0.240 e. The molecule has 0 fully saturated rings. The molecule has 0 bridgehead atoms. The van der Waals surface area contributed by atoms with Crippen LogP contribution in [0.5, 0.6) is 0 Å². The van der Waals surface area contributed by atoms with Crippen molar-refractivity contribution in [2.24, 2.45) is 0 Å². The van der Waals surface area contributed by atoms with Crippen molar-refractivity contribution in [2.75, 3.05) is 11.4 Å². The molecule has 3 aromatic rings. The van der Waals surface area contributed by atoms with E-state index in [-0.39, 0.29) is 11.2 Å². The summed E-state index contributed by atoms with van der Waals surface area (Å²) in [5.74, 6) is 0.101. The van der Waals surface area contributed by atoms with Gasteiger partial charge in [-0.15, -0.1) is 0 Å². The summed E-state index contributed by atoms with van der Waals surface area (Å²) in [6.45, 7) is 3.24. The summed E-state index contributed by atoms with van der Waals surface area (Å²) in [5, 5.41) is 9.52. The van der Waals surface area contributed by atoms with Crippen molar-refractivity contribution in [3.05, 3.63) is 54.1 Å². The van der Waals surface area contributed by atoms with Gasteiger partial charge in [0.25, 0.3) is 0 Å². The van der Waals surface area contributed by atoms with Crippen molar-refractivity contribution < 1.29 is 4.79 Å². The van der Waals surface area contributed by atoms with Gasteiger partial charge in [-0.3, -0.25) is 4.79 Å². The van der Waals surface area contributed by atoms with Crippen LogP contribution in [0.4, 0.5) is 5.69 Å². The molecule has 0 spiro atoms. The highest BCUT2D eigenvalue weighted by molar-refractivity contribution is 8.00. The lowest BCUT2D eigenvalue weighted by Crippen LogP contribution is -2.35. The molecule has 0 aliphatic carbocycles. The molecule has 1 aliphatic rings. The molecule has 1 atom stereocenters. The molecule has 0 saturated heterocycles. The maximum atomic E-state index is 13.1. The van der Waals surface area contributed by atoms with E-state index in [9.17, 15) is 4.79 Å². The molecule has 1 aromatic heterocycles. The molecule has 0 radical (unpaired) electrons. The molecular formula is C21H20N4OS. The van der Waals surface area contributed by atoms with Crippen LogP contribution in [0.1, 0.15) is 18.9 Å². The van der Waals surface area contributed by atoms with Crippen molar-refractivity contribution in [3.8, 4) is 6.07 Å². The van der Waals surface area contributed by atoms with Crippen LogP contribution >= 0.6 is 11.8 Å². The lowest BCUT2D eigenvalue weighted by Gasteiger charge is -2.21. The molecule has 1 amide bonds. The summed E-state index contributed by atoms with van der Waals surface area (Å²) >= 11 is 1.47. The number of carbonyl (C=O) groups excluding carboxylic acids is 1. The minimum Gasteiger partial charge on any atom is -0.318 e. The number of rotatable bonds is 5. The quantitative estimate of drug-likeness (QED) is 0.631. The van der Waals surface area contributed by atoms with Gasteiger partial charge in [0.1, 0.15) is 0 Å². The van der Waals surface area contributed by atoms with Gasteiger partial charge in [-0.25, -0.2) is 4.98 Å². The molecule has 2 heterocycles. The Balaban J connectivity index is 1.59. The van der Waals surface area contributed by atoms with Gasteiger partial charge >= 0.3 is 0 Å². The number of aromatic nitrogens is 2. The second kappa shape index (κ2) is 7.45. The van der Waals surface area contributed by atoms with E-state index in [0.29, 0.717) is 13.0 Å². The van der Waals surface area contributed by atoms with E-state index < -0.39 is 0 Å². The largest absolute Gasteiger partial charge is 0.318 e. The SMILES string of the molecule is C[C@@H](Sc1nc2ccccc2n1CCC#N)C(=O)N1CCc2ccccc21. The first-order valence-corrected chi connectivity index (χ1v) is 9.95. The Morgan fingerprint density at radius 1 is 1.26 bits per heavy atom. The number of aryl methyl sites for hydroxylation is 1. The molecule has 0 N–H and O–H groups in total. The Kier molecular flexibility index (Phi) is 4.87. The van der Waals surface area contributed by atoms with Gasteiger partial charge in [0.2, 0.25) is 5.91 Å². The number of imidazole rings is 1. The van der Waals surface area contributed by atoms with Crippen molar-refractivity contribution in [1.29, 1.82) is 5.26 Å². The third-order valence-electron chi connectivity index (χ3n) is 4.85. The van der Waals surface area contributed by atoms with Crippen molar-refractivity contribution in [1.82, 2.24) is 9.55 Å². The van der Waals surface area contributed by atoms with E-state index in [0.717, 1.165) is 34.8 Å². The number of para-hydroxylation sites is 3. The summed E-state index contributed by atoms with van der Waals surface area (Å²) in [6.07, 6.45) is 1.32. The van der Waals surface area contributed by atoms with Crippen molar-refractivity contribution >= 4 is 34.4 Å². The third-order valence-corrected chi connectivity index (χ3v) is 5.93. The summed E-state index contributed by atoms with van der Waals surface area (Å²) < 4.78 is 2.05. The summed E-state index contributed by atoms with van der Waals surface area (Å²) in [4.78, 5) is 19.7. The fourth-order valence-electron chi connectivity index (χ4n) is 3.52. The zero-order chi connectivity index (χ0) is 18.8. The molecule has 2 aromatic carbocycles. The molecule has 27 heavy (non-hydrogen) atoms. The Bertz CT molecular complexity index is 1040. The zero-order valence-corrected chi connectivity index (χ0v) is 15.9. The second-order valence-corrected chi connectivity index (χ2v) is 7.88. The average molecular weight is 376 g/mol. The number of anilines is 1. The molecule has 6 heteroatoms. The standard InChI is InChI=1S/C21H20N4OS/c1-15(20(26)24-14-11-16-7-2-4-9-18(16)24)27-21-23-17-8-3-5-10-19(17)25(21)13-6-12-22/h2-5,7-10,15H,6,11,13-14H2,1H3/t15-/m1/s1. The van der Waals surface area contributed by atoms with Crippen LogP contribution in [-0.4, -0.2) is 27.3 Å². The van der Waals surface area contributed by atoms with Crippen LogP contribution in [-0.2, 0) is 17.8 Å². The van der Waals surface area contributed by atoms with Crippen LogP contribution in [0.2, 0.25) is 0 Å². The number of hydrogen-bond acceptors (Lipinski definition) is 4. The lowest BCUT2D eigenvalue weighted by atomic mass is 10.2. The Labute approximate surface area is 162 Å². The van der Waals surface area contributed by atoms with Gasteiger partial charge in [-0.1, -0.05) is 42.1 Å². The lowest BCUT2D eigenvalue weighted by molar-refractivity contribution is -0.117.